The van der Waals surface area contributed by atoms with Gasteiger partial charge >= 0.3 is 24.0 Å². The van der Waals surface area contributed by atoms with Gasteiger partial charge in [0.2, 0.25) is 0 Å². The number of carbonyl (C=O) groups excluding carboxylic acids is 2. The van der Waals surface area contributed by atoms with Crippen LogP contribution >= 0.6 is 7.59 Å². The fraction of sp³-hybridized carbons (Fsp3) is 0.429. The first kappa shape index (κ1) is 22.1. The molecule has 1 saturated heterocycles. The van der Waals surface area contributed by atoms with E-state index in [-0.39, 0.29) is 19.6 Å². The van der Waals surface area contributed by atoms with Crippen LogP contribution in [0.5, 0.6) is 5.75 Å². The predicted molar refractivity (Wildman–Crippen MR) is 97.5 cm³/mol. The molecule has 14 heteroatoms. The van der Waals surface area contributed by atoms with Crippen molar-refractivity contribution in [1.82, 2.24) is 14.5 Å². The van der Waals surface area contributed by atoms with Crippen molar-refractivity contribution >= 4 is 29.9 Å². The van der Waals surface area contributed by atoms with Gasteiger partial charge in [-0.1, -0.05) is 12.1 Å². The van der Waals surface area contributed by atoms with Crippen LogP contribution in [0.1, 0.15) is 18.4 Å². The summed E-state index contributed by atoms with van der Waals surface area (Å²) in [6.45, 7) is -0.158. The van der Waals surface area contributed by atoms with Crippen molar-refractivity contribution in [3.63, 3.8) is 0 Å². The monoisotopic (exact) mass is 436 g/mol. The second-order valence-corrected chi connectivity index (χ2v) is 9.32. The van der Waals surface area contributed by atoms with Gasteiger partial charge in [-0.3, -0.25) is 24.1 Å². The molecule has 2 amide bonds. The molecular weight excluding hydrogens is 415 g/mol. The molecule has 0 aromatic heterocycles. The number of hydrogen-bond donors (Lipinski definition) is 4. The second kappa shape index (κ2) is 8.88. The Balaban J connectivity index is 1.94. The van der Waals surface area contributed by atoms with Crippen LogP contribution < -0.4 is 20.1 Å². The van der Waals surface area contributed by atoms with Crippen LogP contribution in [0.25, 0.3) is 0 Å². The van der Waals surface area contributed by atoms with Crippen molar-refractivity contribution in [3.8, 4) is 5.75 Å². The lowest BCUT2D eigenvalue weighted by Gasteiger charge is -2.35. The third kappa shape index (κ3) is 6.17. The molecule has 1 aromatic rings. The Morgan fingerprint density at radius 2 is 2.04 bits per heavy atom. The molecule has 0 aliphatic carbocycles. The SMILES string of the molecule is COc1ccc(COC(=O)N[C@H]2CCCN(P(N)(=O)NS(=O)(=O)O)C2=O)cc1. The first-order chi connectivity index (χ1) is 13.0. The summed E-state index contributed by atoms with van der Waals surface area (Å²) in [5.74, 6) is -0.208. The van der Waals surface area contributed by atoms with Crippen molar-refractivity contribution in [3.05, 3.63) is 29.8 Å². The highest BCUT2D eigenvalue weighted by Crippen LogP contribution is 2.40. The van der Waals surface area contributed by atoms with E-state index in [9.17, 15) is 22.6 Å². The van der Waals surface area contributed by atoms with E-state index < -0.39 is 35.9 Å². The minimum absolute atomic E-state index is 0.0554. The molecule has 12 nitrogen and oxygen atoms in total. The van der Waals surface area contributed by atoms with Crippen LogP contribution in [0.3, 0.4) is 0 Å². The van der Waals surface area contributed by atoms with Gasteiger partial charge in [-0.05, 0) is 30.5 Å². The van der Waals surface area contributed by atoms with E-state index in [2.05, 4.69) is 5.32 Å². The standard InChI is InChI=1S/C14H21N4O8PS/c1-25-11-6-4-10(5-7-11)9-26-14(20)16-12-3-2-8-18(13(12)19)27(15,21)17-28(22,23)24/h4-7,12H,2-3,8-9H2,1H3,(H,16,20)(H3,15,17,21)(H,22,23,24)/t12-,27?/m0/s1. The summed E-state index contributed by atoms with van der Waals surface area (Å²) in [6.07, 6.45) is -0.367. The van der Waals surface area contributed by atoms with Crippen molar-refractivity contribution in [2.24, 2.45) is 5.50 Å². The summed E-state index contributed by atoms with van der Waals surface area (Å²) in [5, 5.41) is 2.33. The lowest BCUT2D eigenvalue weighted by Crippen LogP contribution is -2.53. The topological polar surface area (TPSA) is 177 Å². The number of nitrogens with two attached hydrogens (primary N) is 1. The normalized spacial score (nSPS) is 19.6. The summed E-state index contributed by atoms with van der Waals surface area (Å²) < 4.78 is 54.8. The summed E-state index contributed by atoms with van der Waals surface area (Å²) in [7, 11) is -7.78. The molecule has 0 saturated carbocycles. The molecule has 1 unspecified atom stereocenters. The largest absolute Gasteiger partial charge is 0.497 e. The smallest absolute Gasteiger partial charge is 0.408 e. The average Bonchev–Trinajstić information content (AvgIpc) is 2.60. The number of carbonyl (C=O) groups is 2. The maximum absolute atomic E-state index is 12.4. The number of methoxy groups -OCH3 is 1. The van der Waals surface area contributed by atoms with E-state index in [0.29, 0.717) is 22.4 Å². The third-order valence-electron chi connectivity index (χ3n) is 3.84. The summed E-state index contributed by atoms with van der Waals surface area (Å²) in [4.78, 5) is 24.4. The molecule has 0 radical (unpaired) electrons. The molecule has 1 fully saturated rings. The molecule has 1 aromatic carbocycles. The number of alkyl carbamates (subject to hydrolysis) is 1. The maximum atomic E-state index is 12.4. The van der Waals surface area contributed by atoms with Crippen LogP contribution in [-0.4, -0.2) is 49.3 Å². The van der Waals surface area contributed by atoms with E-state index >= 15 is 0 Å². The average molecular weight is 436 g/mol. The number of piperidine rings is 1. The zero-order chi connectivity index (χ0) is 20.9. The fourth-order valence-electron chi connectivity index (χ4n) is 2.56. The summed E-state index contributed by atoms with van der Waals surface area (Å²) >= 11 is 0. The Hall–Kier alpha value is -2.18. The molecule has 1 aliphatic heterocycles. The number of rotatable bonds is 7. The number of hydrogen-bond acceptors (Lipinski definition) is 7. The molecule has 28 heavy (non-hydrogen) atoms. The second-order valence-electron chi connectivity index (χ2n) is 5.91. The number of benzene rings is 1. The summed E-state index contributed by atoms with van der Waals surface area (Å²) in [6, 6.07) is 5.69. The Labute approximate surface area is 161 Å². The molecule has 156 valence electrons. The van der Waals surface area contributed by atoms with Gasteiger partial charge in [-0.25, -0.2) is 4.79 Å². The van der Waals surface area contributed by atoms with Gasteiger partial charge in [0.25, 0.3) is 5.91 Å². The van der Waals surface area contributed by atoms with E-state index in [0.717, 1.165) is 0 Å². The van der Waals surface area contributed by atoms with E-state index in [1.54, 1.807) is 24.3 Å². The van der Waals surface area contributed by atoms with Crippen molar-refractivity contribution in [2.45, 2.75) is 25.5 Å². The highest BCUT2D eigenvalue weighted by molar-refractivity contribution is 7.90. The minimum Gasteiger partial charge on any atom is -0.497 e. The van der Waals surface area contributed by atoms with Gasteiger partial charge in [0.05, 0.1) is 7.11 Å². The molecule has 1 aliphatic rings. The van der Waals surface area contributed by atoms with Crippen LogP contribution in [0, 0.1) is 0 Å². The first-order valence-electron chi connectivity index (χ1n) is 8.05. The van der Waals surface area contributed by atoms with Crippen molar-refractivity contribution in [2.75, 3.05) is 13.7 Å². The number of ether oxygens (including phenoxy) is 2. The quantitative estimate of drug-likeness (QED) is 0.347. The highest BCUT2D eigenvalue weighted by atomic mass is 32.2. The van der Waals surface area contributed by atoms with Crippen LogP contribution in [0.4, 0.5) is 4.79 Å². The first-order valence-corrected chi connectivity index (χ1v) is 11.2. The number of amides is 2. The summed E-state index contributed by atoms with van der Waals surface area (Å²) in [5.41, 5.74) is 6.07. The molecular formula is C14H21N4O8PS. The molecule has 1 heterocycles. The molecule has 0 spiro atoms. The molecule has 2 atom stereocenters. The van der Waals surface area contributed by atoms with Gasteiger partial charge in [0.1, 0.15) is 18.4 Å². The van der Waals surface area contributed by atoms with Gasteiger partial charge in [-0.2, -0.15) is 8.42 Å². The Bertz CT molecular complexity index is 876. The third-order valence-corrected chi connectivity index (χ3v) is 6.92. The lowest BCUT2D eigenvalue weighted by molar-refractivity contribution is -0.130. The van der Waals surface area contributed by atoms with Gasteiger partial charge < -0.3 is 14.8 Å². The highest BCUT2D eigenvalue weighted by Gasteiger charge is 2.40. The van der Waals surface area contributed by atoms with Gasteiger partial charge in [-0.15, -0.1) is 4.49 Å². The zero-order valence-corrected chi connectivity index (χ0v) is 16.6. The zero-order valence-electron chi connectivity index (χ0n) is 14.9. The minimum atomic E-state index is -4.89. The molecule has 2 rings (SSSR count). The Morgan fingerprint density at radius 1 is 1.39 bits per heavy atom. The number of nitrogens with zero attached hydrogens (tertiary/aromatic N) is 1. The van der Waals surface area contributed by atoms with Crippen LogP contribution in [-0.2, 0) is 31.0 Å². The van der Waals surface area contributed by atoms with Crippen LogP contribution in [0.2, 0.25) is 0 Å². The van der Waals surface area contributed by atoms with Crippen molar-refractivity contribution in [1.29, 1.82) is 0 Å². The van der Waals surface area contributed by atoms with E-state index in [4.69, 9.17) is 19.5 Å². The number of nitrogens with one attached hydrogen (secondary N) is 2. The molecule has 0 bridgehead atoms. The van der Waals surface area contributed by atoms with E-state index in [1.165, 1.54) is 11.6 Å². The van der Waals surface area contributed by atoms with E-state index in [1.807, 2.05) is 0 Å². The Kier molecular flexibility index (Phi) is 7.01. The maximum Gasteiger partial charge on any atom is 0.408 e. The molecule has 5 N–H and O–H groups in total. The fourth-order valence-corrected chi connectivity index (χ4v) is 5.14. The van der Waals surface area contributed by atoms with Gasteiger partial charge in [0.15, 0.2) is 0 Å². The van der Waals surface area contributed by atoms with Crippen molar-refractivity contribution < 1.29 is 36.6 Å². The van der Waals surface area contributed by atoms with Gasteiger partial charge in [0, 0.05) is 6.54 Å². The Morgan fingerprint density at radius 3 is 2.61 bits per heavy atom. The van der Waals surface area contributed by atoms with Crippen LogP contribution in [0.15, 0.2) is 24.3 Å². The predicted octanol–water partition coefficient (Wildman–Crippen LogP) is 0.372. The lowest BCUT2D eigenvalue weighted by atomic mass is 10.1.